The molecule has 0 heterocycles. The van der Waals surface area contributed by atoms with Crippen LogP contribution in [-0.4, -0.2) is 6.10 Å². The molecule has 0 N–H and O–H groups in total. The van der Waals surface area contributed by atoms with E-state index in [1.165, 1.54) is 24.0 Å². The second-order valence-electron chi connectivity index (χ2n) is 3.51. The van der Waals surface area contributed by atoms with Gasteiger partial charge in [-0.25, -0.2) is 0 Å². The van der Waals surface area contributed by atoms with E-state index >= 15 is 0 Å². The van der Waals surface area contributed by atoms with Crippen LogP contribution in [0, 0.1) is 6.92 Å². The zero-order chi connectivity index (χ0) is 9.26. The lowest BCUT2D eigenvalue weighted by Gasteiger charge is -2.11. The molecule has 0 spiro atoms. The molecule has 70 valence electrons. The van der Waals surface area contributed by atoms with Crippen molar-refractivity contribution in [1.82, 2.24) is 0 Å². The third-order valence-electron chi connectivity index (χ3n) is 2.25. The molecule has 0 aliphatic heterocycles. The van der Waals surface area contributed by atoms with Crippen molar-refractivity contribution in [2.75, 3.05) is 0 Å². The first kappa shape index (κ1) is 9.07. The van der Waals surface area contributed by atoms with Gasteiger partial charge in [0.1, 0.15) is 5.75 Å². The molecule has 0 bridgehead atoms. The summed E-state index contributed by atoms with van der Waals surface area (Å²) in [5.41, 5.74) is 2.50. The van der Waals surface area contributed by atoms with Gasteiger partial charge in [-0.05, 0) is 25.3 Å². The number of para-hydroxylation sites is 1. The van der Waals surface area contributed by atoms with Crippen molar-refractivity contribution in [3.05, 3.63) is 29.3 Å². The highest BCUT2D eigenvalue weighted by Gasteiger charge is 2.24. The molecular formula is C11H13BrO. The van der Waals surface area contributed by atoms with E-state index in [4.69, 9.17) is 4.74 Å². The number of rotatable bonds is 3. The molecule has 2 heteroatoms. The van der Waals surface area contributed by atoms with E-state index in [9.17, 15) is 0 Å². The fourth-order valence-electron chi connectivity index (χ4n) is 1.34. The summed E-state index contributed by atoms with van der Waals surface area (Å²) in [7, 11) is 0. The monoisotopic (exact) mass is 240 g/mol. The highest BCUT2D eigenvalue weighted by atomic mass is 79.9. The molecule has 1 aliphatic carbocycles. The molecule has 2 rings (SSSR count). The molecule has 1 saturated carbocycles. The number of aryl methyl sites for hydroxylation is 1. The van der Waals surface area contributed by atoms with Gasteiger partial charge in [0.25, 0.3) is 0 Å². The van der Waals surface area contributed by atoms with E-state index in [1.54, 1.807) is 0 Å². The van der Waals surface area contributed by atoms with Crippen LogP contribution >= 0.6 is 15.9 Å². The second kappa shape index (κ2) is 3.70. The average molecular weight is 241 g/mol. The molecule has 1 fully saturated rings. The standard InChI is InChI=1S/C11H13BrO/c1-8-3-2-4-9(7-12)11(8)13-10-5-6-10/h2-4,10H,5-7H2,1H3. The normalized spacial score (nSPS) is 15.8. The first-order valence-electron chi connectivity index (χ1n) is 4.62. The predicted octanol–water partition coefficient (Wildman–Crippen LogP) is 3.43. The lowest BCUT2D eigenvalue weighted by Crippen LogP contribution is -2.00. The summed E-state index contributed by atoms with van der Waals surface area (Å²) in [6.07, 6.45) is 2.92. The van der Waals surface area contributed by atoms with Gasteiger partial charge in [-0.3, -0.25) is 0 Å². The number of ether oxygens (including phenoxy) is 1. The van der Waals surface area contributed by atoms with Crippen LogP contribution < -0.4 is 4.74 Å². The SMILES string of the molecule is Cc1cccc(CBr)c1OC1CC1. The Hall–Kier alpha value is -0.500. The second-order valence-corrected chi connectivity index (χ2v) is 4.07. The lowest BCUT2D eigenvalue weighted by molar-refractivity contribution is 0.299. The van der Waals surface area contributed by atoms with Crippen molar-refractivity contribution >= 4 is 15.9 Å². The minimum atomic E-state index is 0.485. The van der Waals surface area contributed by atoms with Gasteiger partial charge >= 0.3 is 0 Å². The summed E-state index contributed by atoms with van der Waals surface area (Å²) < 4.78 is 5.85. The Labute approximate surface area is 87.2 Å². The highest BCUT2D eigenvalue weighted by Crippen LogP contribution is 2.32. The molecule has 0 atom stereocenters. The maximum absolute atomic E-state index is 5.85. The fourth-order valence-corrected chi connectivity index (χ4v) is 1.78. The predicted molar refractivity (Wildman–Crippen MR) is 57.5 cm³/mol. The topological polar surface area (TPSA) is 9.23 Å². The Morgan fingerprint density at radius 1 is 1.46 bits per heavy atom. The van der Waals surface area contributed by atoms with Crippen LogP contribution in [0.25, 0.3) is 0 Å². The first-order chi connectivity index (χ1) is 6.31. The van der Waals surface area contributed by atoms with Crippen LogP contribution in [0.5, 0.6) is 5.75 Å². The van der Waals surface area contributed by atoms with Gasteiger partial charge in [-0.2, -0.15) is 0 Å². The Morgan fingerprint density at radius 2 is 2.23 bits per heavy atom. The molecule has 1 nitrogen and oxygen atoms in total. The quantitative estimate of drug-likeness (QED) is 0.736. The molecule has 0 saturated heterocycles. The van der Waals surface area contributed by atoms with E-state index in [1.807, 2.05) is 0 Å². The summed E-state index contributed by atoms with van der Waals surface area (Å²) in [6, 6.07) is 6.29. The van der Waals surface area contributed by atoms with Crippen LogP contribution in [0.4, 0.5) is 0 Å². The van der Waals surface area contributed by atoms with Crippen LogP contribution in [-0.2, 0) is 5.33 Å². The van der Waals surface area contributed by atoms with Crippen molar-refractivity contribution in [2.24, 2.45) is 0 Å². The van der Waals surface area contributed by atoms with Crippen molar-refractivity contribution in [3.63, 3.8) is 0 Å². The van der Waals surface area contributed by atoms with Gasteiger partial charge in [0.15, 0.2) is 0 Å². The number of halogens is 1. The zero-order valence-electron chi connectivity index (χ0n) is 7.72. The van der Waals surface area contributed by atoms with Gasteiger partial charge in [-0.15, -0.1) is 0 Å². The highest BCUT2D eigenvalue weighted by molar-refractivity contribution is 9.08. The van der Waals surface area contributed by atoms with E-state index in [0.29, 0.717) is 6.10 Å². The Kier molecular flexibility index (Phi) is 2.58. The van der Waals surface area contributed by atoms with E-state index in [0.717, 1.165) is 11.1 Å². The molecule has 13 heavy (non-hydrogen) atoms. The zero-order valence-corrected chi connectivity index (χ0v) is 9.30. The molecule has 0 unspecified atom stereocenters. The van der Waals surface area contributed by atoms with Crippen molar-refractivity contribution in [1.29, 1.82) is 0 Å². The number of hydrogen-bond donors (Lipinski definition) is 0. The van der Waals surface area contributed by atoms with E-state index in [2.05, 4.69) is 41.1 Å². The van der Waals surface area contributed by atoms with Crippen LogP contribution in [0.15, 0.2) is 18.2 Å². The molecule has 0 amide bonds. The van der Waals surface area contributed by atoms with Gasteiger partial charge in [0.05, 0.1) is 6.10 Å². The number of hydrogen-bond acceptors (Lipinski definition) is 1. The molecule has 0 radical (unpaired) electrons. The molecule has 0 aromatic heterocycles. The summed E-state index contributed by atoms with van der Waals surface area (Å²) in [5, 5.41) is 0.872. The van der Waals surface area contributed by atoms with Crippen molar-refractivity contribution in [3.8, 4) is 5.75 Å². The average Bonchev–Trinajstić information content (AvgIpc) is 2.92. The first-order valence-corrected chi connectivity index (χ1v) is 5.74. The molecule has 1 aromatic rings. The lowest BCUT2D eigenvalue weighted by atomic mass is 10.1. The smallest absolute Gasteiger partial charge is 0.126 e. The largest absolute Gasteiger partial charge is 0.490 e. The molecular weight excluding hydrogens is 228 g/mol. The van der Waals surface area contributed by atoms with Crippen LogP contribution in [0.2, 0.25) is 0 Å². The molecule has 1 aliphatic rings. The Morgan fingerprint density at radius 3 is 2.85 bits per heavy atom. The van der Waals surface area contributed by atoms with Gasteiger partial charge < -0.3 is 4.74 Å². The van der Waals surface area contributed by atoms with E-state index < -0.39 is 0 Å². The minimum absolute atomic E-state index is 0.485. The third kappa shape index (κ3) is 2.05. The van der Waals surface area contributed by atoms with Crippen molar-refractivity contribution in [2.45, 2.75) is 31.2 Å². The molecule has 1 aromatic carbocycles. The van der Waals surface area contributed by atoms with Crippen molar-refractivity contribution < 1.29 is 4.74 Å². The van der Waals surface area contributed by atoms with E-state index in [-0.39, 0.29) is 0 Å². The Bertz CT molecular complexity index is 305. The summed E-state index contributed by atoms with van der Waals surface area (Å²) in [6.45, 7) is 2.10. The van der Waals surface area contributed by atoms with Gasteiger partial charge in [0.2, 0.25) is 0 Å². The maximum Gasteiger partial charge on any atom is 0.126 e. The maximum atomic E-state index is 5.85. The van der Waals surface area contributed by atoms with Gasteiger partial charge in [0, 0.05) is 10.9 Å². The number of alkyl halides is 1. The van der Waals surface area contributed by atoms with Crippen LogP contribution in [0.3, 0.4) is 0 Å². The summed E-state index contributed by atoms with van der Waals surface area (Å²) >= 11 is 3.47. The minimum Gasteiger partial charge on any atom is -0.490 e. The summed E-state index contributed by atoms with van der Waals surface area (Å²) in [5.74, 6) is 1.09. The van der Waals surface area contributed by atoms with Gasteiger partial charge in [-0.1, -0.05) is 34.1 Å². The Balaban J connectivity index is 2.27. The number of benzene rings is 1. The summed E-state index contributed by atoms with van der Waals surface area (Å²) in [4.78, 5) is 0. The fraction of sp³-hybridized carbons (Fsp3) is 0.455. The van der Waals surface area contributed by atoms with Crippen LogP contribution in [0.1, 0.15) is 24.0 Å². The third-order valence-corrected chi connectivity index (χ3v) is 2.85.